The van der Waals surface area contributed by atoms with E-state index in [9.17, 15) is 4.79 Å². The normalized spacial score (nSPS) is 31.8. The molecule has 0 atom stereocenters. The van der Waals surface area contributed by atoms with Gasteiger partial charge in [0, 0.05) is 11.3 Å². The number of aryl methyl sites for hydroxylation is 1. The van der Waals surface area contributed by atoms with Gasteiger partial charge in [0.15, 0.2) is 0 Å². The first-order valence-electron chi connectivity index (χ1n) is 10.1. The van der Waals surface area contributed by atoms with E-state index in [1.807, 2.05) is 31.2 Å². The molecule has 6 rings (SSSR count). The number of hydrogen-bond donors (Lipinski definition) is 1. The molecule has 0 spiro atoms. The summed E-state index contributed by atoms with van der Waals surface area (Å²) in [6.07, 6.45) is 8.58. The third-order valence-electron chi connectivity index (χ3n) is 7.07. The van der Waals surface area contributed by atoms with Gasteiger partial charge in [0.2, 0.25) is 0 Å². The summed E-state index contributed by atoms with van der Waals surface area (Å²) < 4.78 is 0. The summed E-state index contributed by atoms with van der Waals surface area (Å²) in [7, 11) is 0. The topological polar surface area (TPSA) is 29.1 Å². The van der Waals surface area contributed by atoms with E-state index < -0.39 is 0 Å². The Labute approximate surface area is 156 Å². The van der Waals surface area contributed by atoms with Gasteiger partial charge in [0.25, 0.3) is 5.91 Å². The fourth-order valence-corrected chi connectivity index (χ4v) is 6.36. The first-order valence-corrected chi connectivity index (χ1v) is 10.1. The quantitative estimate of drug-likeness (QED) is 0.758. The summed E-state index contributed by atoms with van der Waals surface area (Å²) >= 11 is 0. The molecule has 0 aliphatic heterocycles. The Morgan fingerprint density at radius 2 is 1.54 bits per heavy atom. The maximum Gasteiger partial charge on any atom is 0.255 e. The van der Waals surface area contributed by atoms with Gasteiger partial charge in [-0.1, -0.05) is 29.8 Å². The number of carbonyl (C=O) groups is 1. The molecular formula is C24H27NO. The van der Waals surface area contributed by atoms with Crippen molar-refractivity contribution in [3.8, 4) is 0 Å². The van der Waals surface area contributed by atoms with Gasteiger partial charge in [0.05, 0.1) is 0 Å². The lowest BCUT2D eigenvalue weighted by molar-refractivity contribution is -0.00518. The molecule has 1 amide bonds. The van der Waals surface area contributed by atoms with Gasteiger partial charge in [-0.05, 0) is 98.4 Å². The maximum atomic E-state index is 12.5. The highest BCUT2D eigenvalue weighted by Gasteiger charge is 2.51. The molecule has 2 aromatic rings. The third-order valence-corrected chi connectivity index (χ3v) is 7.07. The Morgan fingerprint density at radius 1 is 0.923 bits per heavy atom. The monoisotopic (exact) mass is 345 g/mol. The van der Waals surface area contributed by atoms with Crippen molar-refractivity contribution in [2.45, 2.75) is 50.9 Å². The van der Waals surface area contributed by atoms with Gasteiger partial charge in [-0.15, -0.1) is 0 Å². The lowest BCUT2D eigenvalue weighted by Crippen LogP contribution is -2.48. The molecule has 0 heterocycles. The minimum absolute atomic E-state index is 0.0312. The fourth-order valence-electron chi connectivity index (χ4n) is 6.36. The van der Waals surface area contributed by atoms with Gasteiger partial charge >= 0.3 is 0 Å². The number of carbonyl (C=O) groups excluding carboxylic acids is 1. The van der Waals surface area contributed by atoms with Crippen molar-refractivity contribution >= 4 is 11.6 Å². The summed E-state index contributed by atoms with van der Waals surface area (Å²) in [5.74, 6) is 2.85. The van der Waals surface area contributed by atoms with E-state index in [0.717, 1.165) is 34.6 Å². The van der Waals surface area contributed by atoms with E-state index in [1.165, 1.54) is 44.1 Å². The largest absolute Gasteiger partial charge is 0.322 e. The highest BCUT2D eigenvalue weighted by Crippen LogP contribution is 2.60. The Morgan fingerprint density at radius 3 is 2.12 bits per heavy atom. The first kappa shape index (κ1) is 16.1. The van der Waals surface area contributed by atoms with Crippen LogP contribution in [0, 0.1) is 24.7 Å². The molecule has 1 N–H and O–H groups in total. The van der Waals surface area contributed by atoms with Crippen LogP contribution in [0.4, 0.5) is 5.69 Å². The highest BCUT2D eigenvalue weighted by molar-refractivity contribution is 6.04. The van der Waals surface area contributed by atoms with E-state index in [0.29, 0.717) is 5.41 Å². The summed E-state index contributed by atoms with van der Waals surface area (Å²) in [5, 5.41) is 3.05. The third kappa shape index (κ3) is 2.76. The van der Waals surface area contributed by atoms with Gasteiger partial charge < -0.3 is 5.32 Å². The number of hydrogen-bond acceptors (Lipinski definition) is 1. The lowest BCUT2D eigenvalue weighted by Gasteiger charge is -2.57. The zero-order chi connectivity index (χ0) is 17.7. The molecular weight excluding hydrogens is 318 g/mol. The molecule has 134 valence electrons. The summed E-state index contributed by atoms with van der Waals surface area (Å²) in [6, 6.07) is 16.5. The van der Waals surface area contributed by atoms with Gasteiger partial charge in [-0.3, -0.25) is 4.79 Å². The number of anilines is 1. The van der Waals surface area contributed by atoms with Crippen LogP contribution in [0.25, 0.3) is 0 Å². The molecule has 2 nitrogen and oxygen atoms in total. The van der Waals surface area contributed by atoms with Crippen molar-refractivity contribution in [3.05, 3.63) is 65.2 Å². The molecule has 0 unspecified atom stereocenters. The molecule has 2 aromatic carbocycles. The fraction of sp³-hybridized carbons (Fsp3) is 0.458. The smallest absolute Gasteiger partial charge is 0.255 e. The van der Waals surface area contributed by atoms with Crippen LogP contribution in [0.1, 0.15) is 60.0 Å². The standard InChI is InChI=1S/C24H27NO/c1-16-3-2-4-20(9-16)23(26)25-22-7-5-21(6-8-22)24-13-17-10-18(14-24)12-19(11-17)15-24/h2-9,17-19H,10-15H2,1H3,(H,25,26). The van der Waals surface area contributed by atoms with Crippen molar-refractivity contribution in [2.24, 2.45) is 17.8 Å². The second kappa shape index (κ2) is 5.97. The minimum atomic E-state index is -0.0312. The molecule has 0 saturated heterocycles. The zero-order valence-corrected chi connectivity index (χ0v) is 15.5. The van der Waals surface area contributed by atoms with Crippen molar-refractivity contribution in [3.63, 3.8) is 0 Å². The molecule has 4 aliphatic rings. The van der Waals surface area contributed by atoms with Crippen LogP contribution in [0.3, 0.4) is 0 Å². The molecule has 4 fully saturated rings. The number of benzene rings is 2. The van der Waals surface area contributed by atoms with E-state index in [4.69, 9.17) is 0 Å². The minimum Gasteiger partial charge on any atom is -0.322 e. The average molecular weight is 345 g/mol. The molecule has 2 heteroatoms. The second-order valence-corrected chi connectivity index (χ2v) is 9.10. The van der Waals surface area contributed by atoms with Gasteiger partial charge in [-0.25, -0.2) is 0 Å². The van der Waals surface area contributed by atoms with Crippen LogP contribution in [0.15, 0.2) is 48.5 Å². The maximum absolute atomic E-state index is 12.5. The molecule has 4 saturated carbocycles. The van der Waals surface area contributed by atoms with E-state index in [-0.39, 0.29) is 5.91 Å². The van der Waals surface area contributed by atoms with Crippen molar-refractivity contribution in [1.29, 1.82) is 0 Å². The number of amides is 1. The van der Waals surface area contributed by atoms with Crippen LogP contribution in [-0.4, -0.2) is 5.91 Å². The summed E-state index contributed by atoms with van der Waals surface area (Å²) in [6.45, 7) is 2.01. The zero-order valence-electron chi connectivity index (χ0n) is 15.5. The van der Waals surface area contributed by atoms with E-state index in [1.54, 1.807) is 0 Å². The Balaban J connectivity index is 1.34. The Bertz CT molecular complexity index is 800. The van der Waals surface area contributed by atoms with Crippen molar-refractivity contribution in [1.82, 2.24) is 0 Å². The van der Waals surface area contributed by atoms with E-state index >= 15 is 0 Å². The molecule has 0 radical (unpaired) electrons. The Hall–Kier alpha value is -2.09. The molecule has 0 aromatic heterocycles. The van der Waals surface area contributed by atoms with E-state index in [2.05, 4.69) is 29.6 Å². The summed E-state index contributed by atoms with van der Waals surface area (Å²) in [5.41, 5.74) is 4.65. The average Bonchev–Trinajstić information content (AvgIpc) is 2.61. The lowest BCUT2D eigenvalue weighted by atomic mass is 9.48. The molecule has 26 heavy (non-hydrogen) atoms. The van der Waals surface area contributed by atoms with Crippen LogP contribution in [-0.2, 0) is 5.41 Å². The van der Waals surface area contributed by atoms with Crippen LogP contribution in [0.5, 0.6) is 0 Å². The van der Waals surface area contributed by atoms with Crippen molar-refractivity contribution < 1.29 is 4.79 Å². The SMILES string of the molecule is Cc1cccc(C(=O)Nc2ccc(C34CC5CC(CC(C5)C3)C4)cc2)c1. The predicted octanol–water partition coefficient (Wildman–Crippen LogP) is 5.72. The van der Waals surface area contributed by atoms with Crippen LogP contribution in [0.2, 0.25) is 0 Å². The number of rotatable bonds is 3. The van der Waals surface area contributed by atoms with Gasteiger partial charge in [-0.2, -0.15) is 0 Å². The number of nitrogens with one attached hydrogen (secondary N) is 1. The first-order chi connectivity index (χ1) is 12.6. The van der Waals surface area contributed by atoms with Crippen LogP contribution < -0.4 is 5.32 Å². The predicted molar refractivity (Wildman–Crippen MR) is 105 cm³/mol. The second-order valence-electron chi connectivity index (χ2n) is 9.10. The summed E-state index contributed by atoms with van der Waals surface area (Å²) in [4.78, 5) is 12.5. The molecule has 4 bridgehead atoms. The van der Waals surface area contributed by atoms with Crippen molar-refractivity contribution in [2.75, 3.05) is 5.32 Å². The Kier molecular flexibility index (Phi) is 3.70. The van der Waals surface area contributed by atoms with Crippen LogP contribution >= 0.6 is 0 Å². The highest BCUT2D eigenvalue weighted by atomic mass is 16.1. The molecule has 4 aliphatic carbocycles. The van der Waals surface area contributed by atoms with Gasteiger partial charge in [0.1, 0.15) is 0 Å².